The van der Waals surface area contributed by atoms with Gasteiger partial charge in [0.25, 0.3) is 0 Å². The maximum Gasteiger partial charge on any atom is 0.137 e. The van der Waals surface area contributed by atoms with Gasteiger partial charge in [-0.25, -0.2) is 4.98 Å². The van der Waals surface area contributed by atoms with E-state index < -0.39 is 0 Å². The summed E-state index contributed by atoms with van der Waals surface area (Å²) >= 11 is 1.74. The zero-order valence-corrected chi connectivity index (χ0v) is 13.3. The van der Waals surface area contributed by atoms with Crippen molar-refractivity contribution in [1.29, 1.82) is 0 Å². The highest BCUT2D eigenvalue weighted by atomic mass is 32.1. The Bertz CT molecular complexity index is 521. The van der Waals surface area contributed by atoms with E-state index in [0.29, 0.717) is 6.04 Å². The molecule has 0 saturated carbocycles. The van der Waals surface area contributed by atoms with Crippen molar-refractivity contribution >= 4 is 11.3 Å². The smallest absolute Gasteiger partial charge is 0.137 e. The molecular formula is C15H23N3OS. The SMILES string of the molecule is CCc1cc(CCCN[C@@H](C)c2csc(CC)n2)on1. The highest BCUT2D eigenvalue weighted by Crippen LogP contribution is 2.17. The zero-order valence-electron chi connectivity index (χ0n) is 12.5. The zero-order chi connectivity index (χ0) is 14.4. The third kappa shape index (κ3) is 4.15. The number of nitrogens with zero attached hydrogens (tertiary/aromatic N) is 2. The summed E-state index contributed by atoms with van der Waals surface area (Å²) in [5.74, 6) is 0.984. The summed E-state index contributed by atoms with van der Waals surface area (Å²) in [6.07, 6.45) is 3.93. The molecule has 2 aromatic rings. The fourth-order valence-corrected chi connectivity index (χ4v) is 2.85. The minimum absolute atomic E-state index is 0.312. The first-order chi connectivity index (χ1) is 9.72. The lowest BCUT2D eigenvalue weighted by Crippen LogP contribution is -2.20. The summed E-state index contributed by atoms with van der Waals surface area (Å²) in [4.78, 5) is 4.61. The molecule has 2 heterocycles. The third-order valence-electron chi connectivity index (χ3n) is 3.34. The molecule has 0 radical (unpaired) electrons. The van der Waals surface area contributed by atoms with E-state index in [-0.39, 0.29) is 0 Å². The van der Waals surface area contributed by atoms with Gasteiger partial charge in [-0.1, -0.05) is 19.0 Å². The van der Waals surface area contributed by atoms with E-state index in [4.69, 9.17) is 4.52 Å². The Morgan fingerprint density at radius 2 is 2.20 bits per heavy atom. The summed E-state index contributed by atoms with van der Waals surface area (Å²) in [5, 5.41) is 10.9. The van der Waals surface area contributed by atoms with Gasteiger partial charge in [0, 0.05) is 23.9 Å². The molecule has 0 aliphatic carbocycles. The molecule has 1 atom stereocenters. The molecule has 1 N–H and O–H groups in total. The minimum atomic E-state index is 0.312. The van der Waals surface area contributed by atoms with Gasteiger partial charge in [-0.05, 0) is 32.7 Å². The van der Waals surface area contributed by atoms with Crippen LogP contribution in [0.25, 0.3) is 0 Å². The van der Waals surface area contributed by atoms with Gasteiger partial charge in [0.15, 0.2) is 0 Å². The van der Waals surface area contributed by atoms with Crippen molar-refractivity contribution in [2.75, 3.05) is 6.54 Å². The standard InChI is InChI=1S/C15H23N3OS/c1-4-12-9-13(19-18-12)7-6-8-16-11(3)14-10-20-15(5-2)17-14/h9-11,16H,4-8H2,1-3H3/t11-/m0/s1. The second-order valence-electron chi connectivity index (χ2n) is 4.94. The summed E-state index contributed by atoms with van der Waals surface area (Å²) in [5.41, 5.74) is 2.19. The number of aryl methyl sites for hydroxylation is 3. The van der Waals surface area contributed by atoms with Crippen molar-refractivity contribution in [2.24, 2.45) is 0 Å². The number of hydrogen-bond donors (Lipinski definition) is 1. The highest BCUT2D eigenvalue weighted by molar-refractivity contribution is 7.09. The Balaban J connectivity index is 1.70. The van der Waals surface area contributed by atoms with Crippen molar-refractivity contribution in [1.82, 2.24) is 15.5 Å². The molecule has 0 fully saturated rings. The largest absolute Gasteiger partial charge is 0.361 e. The van der Waals surface area contributed by atoms with Gasteiger partial charge in [0.2, 0.25) is 0 Å². The average Bonchev–Trinajstić information content (AvgIpc) is 3.11. The molecular weight excluding hydrogens is 270 g/mol. The van der Waals surface area contributed by atoms with Crippen molar-refractivity contribution in [2.45, 2.75) is 52.5 Å². The van der Waals surface area contributed by atoms with E-state index in [9.17, 15) is 0 Å². The Morgan fingerprint density at radius 1 is 1.35 bits per heavy atom. The second kappa shape index (κ2) is 7.55. The lowest BCUT2D eigenvalue weighted by Gasteiger charge is -2.10. The van der Waals surface area contributed by atoms with Crippen LogP contribution in [0.5, 0.6) is 0 Å². The first-order valence-electron chi connectivity index (χ1n) is 7.35. The van der Waals surface area contributed by atoms with Crippen LogP contribution in [0.3, 0.4) is 0 Å². The van der Waals surface area contributed by atoms with Crippen LogP contribution in [0.4, 0.5) is 0 Å². The van der Waals surface area contributed by atoms with Crippen molar-refractivity contribution in [3.8, 4) is 0 Å². The van der Waals surface area contributed by atoms with Crippen LogP contribution in [0.1, 0.15) is 55.4 Å². The maximum atomic E-state index is 5.28. The molecule has 2 aromatic heterocycles. The van der Waals surface area contributed by atoms with E-state index in [1.54, 1.807) is 11.3 Å². The van der Waals surface area contributed by atoms with Crippen LogP contribution in [-0.4, -0.2) is 16.7 Å². The molecule has 20 heavy (non-hydrogen) atoms. The van der Waals surface area contributed by atoms with Gasteiger partial charge in [-0.3, -0.25) is 0 Å². The number of aromatic nitrogens is 2. The van der Waals surface area contributed by atoms with Gasteiger partial charge in [-0.2, -0.15) is 0 Å². The first kappa shape index (κ1) is 15.2. The molecule has 0 unspecified atom stereocenters. The summed E-state index contributed by atoms with van der Waals surface area (Å²) < 4.78 is 5.28. The first-order valence-corrected chi connectivity index (χ1v) is 8.23. The fourth-order valence-electron chi connectivity index (χ4n) is 2.01. The van der Waals surface area contributed by atoms with Gasteiger partial charge in [-0.15, -0.1) is 11.3 Å². The topological polar surface area (TPSA) is 51.0 Å². The summed E-state index contributed by atoms with van der Waals surface area (Å²) in [7, 11) is 0. The van der Waals surface area contributed by atoms with Crippen LogP contribution in [0.2, 0.25) is 0 Å². The van der Waals surface area contributed by atoms with E-state index in [1.807, 2.05) is 0 Å². The molecule has 4 nitrogen and oxygen atoms in total. The molecule has 0 aliphatic rings. The van der Waals surface area contributed by atoms with E-state index in [1.165, 1.54) is 5.01 Å². The Labute approximate surface area is 124 Å². The van der Waals surface area contributed by atoms with Gasteiger partial charge < -0.3 is 9.84 Å². The molecule has 5 heteroatoms. The van der Waals surface area contributed by atoms with Crippen LogP contribution in [0.15, 0.2) is 16.0 Å². The molecule has 110 valence electrons. The molecule has 0 spiro atoms. The number of thiazole rings is 1. The number of rotatable bonds is 8. The van der Waals surface area contributed by atoms with E-state index in [0.717, 1.165) is 49.4 Å². The van der Waals surface area contributed by atoms with Gasteiger partial charge >= 0.3 is 0 Å². The quantitative estimate of drug-likeness (QED) is 0.756. The monoisotopic (exact) mass is 293 g/mol. The Kier molecular flexibility index (Phi) is 5.73. The fraction of sp³-hybridized carbons (Fsp3) is 0.600. The molecule has 2 rings (SSSR count). The molecule has 0 aliphatic heterocycles. The van der Waals surface area contributed by atoms with Crippen molar-refractivity contribution in [3.05, 3.63) is 33.6 Å². The van der Waals surface area contributed by atoms with Gasteiger partial charge in [0.05, 0.1) is 16.4 Å². The van der Waals surface area contributed by atoms with Crippen molar-refractivity contribution < 1.29 is 4.52 Å². The predicted octanol–water partition coefficient (Wildman–Crippen LogP) is 3.54. The number of nitrogens with one attached hydrogen (secondary N) is 1. The number of hydrogen-bond acceptors (Lipinski definition) is 5. The molecule has 0 amide bonds. The highest BCUT2D eigenvalue weighted by Gasteiger charge is 2.09. The third-order valence-corrected chi connectivity index (χ3v) is 4.35. The lowest BCUT2D eigenvalue weighted by atomic mass is 10.2. The van der Waals surface area contributed by atoms with Crippen molar-refractivity contribution in [3.63, 3.8) is 0 Å². The molecule has 0 saturated heterocycles. The molecule has 0 bridgehead atoms. The minimum Gasteiger partial charge on any atom is -0.361 e. The van der Waals surface area contributed by atoms with Gasteiger partial charge in [0.1, 0.15) is 5.76 Å². The van der Waals surface area contributed by atoms with E-state index >= 15 is 0 Å². The molecule has 0 aromatic carbocycles. The van der Waals surface area contributed by atoms with Crippen LogP contribution in [-0.2, 0) is 19.3 Å². The summed E-state index contributed by atoms with van der Waals surface area (Å²) in [6.45, 7) is 7.35. The van der Waals surface area contributed by atoms with Crippen LogP contribution < -0.4 is 5.32 Å². The maximum absolute atomic E-state index is 5.28. The average molecular weight is 293 g/mol. The van der Waals surface area contributed by atoms with Crippen LogP contribution >= 0.6 is 11.3 Å². The summed E-state index contributed by atoms with van der Waals surface area (Å²) in [6, 6.07) is 2.37. The predicted molar refractivity (Wildman–Crippen MR) is 82.1 cm³/mol. The Hall–Kier alpha value is -1.20. The lowest BCUT2D eigenvalue weighted by molar-refractivity contribution is 0.373. The Morgan fingerprint density at radius 3 is 2.85 bits per heavy atom. The van der Waals surface area contributed by atoms with Crippen LogP contribution in [0, 0.1) is 0 Å². The van der Waals surface area contributed by atoms with E-state index in [2.05, 4.69) is 47.7 Å². The normalized spacial score (nSPS) is 12.8. The second-order valence-corrected chi connectivity index (χ2v) is 5.88.